The predicted molar refractivity (Wildman–Crippen MR) is 82.2 cm³/mol. The molecule has 0 amide bonds. The minimum atomic E-state index is 0.618. The van der Waals surface area contributed by atoms with Crippen LogP contribution in [0.2, 0.25) is 0 Å². The summed E-state index contributed by atoms with van der Waals surface area (Å²) in [6.45, 7) is 1.39. The summed E-state index contributed by atoms with van der Waals surface area (Å²) in [7, 11) is 0. The molecule has 3 heteroatoms. The lowest BCUT2D eigenvalue weighted by Gasteiger charge is -2.09. The molecule has 3 nitrogen and oxygen atoms in total. The van der Waals surface area contributed by atoms with Crippen molar-refractivity contribution < 1.29 is 4.74 Å². The molecule has 0 atom stereocenters. The maximum Gasteiger partial charge on any atom is 0.121 e. The summed E-state index contributed by atoms with van der Waals surface area (Å²) in [5.41, 5.74) is 2.07. The van der Waals surface area contributed by atoms with Crippen molar-refractivity contribution in [3.8, 4) is 5.75 Å². The van der Waals surface area contributed by atoms with E-state index in [4.69, 9.17) is 4.74 Å². The van der Waals surface area contributed by atoms with Crippen molar-refractivity contribution >= 4 is 16.6 Å². The van der Waals surface area contributed by atoms with Gasteiger partial charge in [0.2, 0.25) is 0 Å². The van der Waals surface area contributed by atoms with Gasteiger partial charge in [0.1, 0.15) is 12.4 Å². The second kappa shape index (κ2) is 6.06. The standard InChI is InChI=1S/C17H16N2O/c1-2-6-15(7-3-1)18-11-12-20-16-9-8-14-5-4-10-19-17(14)13-16/h1-10,13,18H,11-12H2. The van der Waals surface area contributed by atoms with Gasteiger partial charge in [-0.15, -0.1) is 0 Å². The number of rotatable bonds is 5. The maximum atomic E-state index is 5.73. The topological polar surface area (TPSA) is 34.1 Å². The fraction of sp³-hybridized carbons (Fsp3) is 0.118. The Balaban J connectivity index is 1.55. The summed E-state index contributed by atoms with van der Waals surface area (Å²) in [6.07, 6.45) is 1.79. The Morgan fingerprint density at radius 1 is 0.950 bits per heavy atom. The van der Waals surface area contributed by atoms with Gasteiger partial charge in [-0.2, -0.15) is 0 Å². The molecule has 0 bridgehead atoms. The second-order valence-corrected chi connectivity index (χ2v) is 4.50. The van der Waals surface area contributed by atoms with Crippen LogP contribution in [0.5, 0.6) is 5.75 Å². The number of fused-ring (bicyclic) bond motifs is 1. The lowest BCUT2D eigenvalue weighted by molar-refractivity contribution is 0.333. The van der Waals surface area contributed by atoms with Gasteiger partial charge in [-0.25, -0.2) is 0 Å². The van der Waals surface area contributed by atoms with Gasteiger partial charge in [0.25, 0.3) is 0 Å². The van der Waals surface area contributed by atoms with Gasteiger partial charge >= 0.3 is 0 Å². The molecular weight excluding hydrogens is 248 g/mol. The number of hydrogen-bond acceptors (Lipinski definition) is 3. The van der Waals surface area contributed by atoms with E-state index in [0.29, 0.717) is 6.61 Å². The van der Waals surface area contributed by atoms with Crippen LogP contribution < -0.4 is 10.1 Å². The van der Waals surface area contributed by atoms with Crippen LogP contribution in [0.4, 0.5) is 5.69 Å². The molecule has 2 aromatic carbocycles. The average molecular weight is 264 g/mol. The minimum absolute atomic E-state index is 0.618. The Morgan fingerprint density at radius 2 is 1.85 bits per heavy atom. The minimum Gasteiger partial charge on any atom is -0.492 e. The molecule has 0 spiro atoms. The molecule has 100 valence electrons. The average Bonchev–Trinajstić information content (AvgIpc) is 2.52. The molecule has 20 heavy (non-hydrogen) atoms. The van der Waals surface area contributed by atoms with Gasteiger partial charge in [-0.3, -0.25) is 4.98 Å². The van der Waals surface area contributed by atoms with Crippen LogP contribution in [0.25, 0.3) is 10.9 Å². The monoisotopic (exact) mass is 264 g/mol. The van der Waals surface area contributed by atoms with Crippen LogP contribution >= 0.6 is 0 Å². The number of hydrogen-bond donors (Lipinski definition) is 1. The van der Waals surface area contributed by atoms with E-state index in [-0.39, 0.29) is 0 Å². The highest BCUT2D eigenvalue weighted by Crippen LogP contribution is 2.18. The van der Waals surface area contributed by atoms with E-state index in [1.165, 1.54) is 0 Å². The molecule has 3 aromatic rings. The molecule has 1 aromatic heterocycles. The third-order valence-electron chi connectivity index (χ3n) is 3.05. The van der Waals surface area contributed by atoms with Crippen LogP contribution in [-0.4, -0.2) is 18.1 Å². The molecule has 0 aliphatic heterocycles. The van der Waals surface area contributed by atoms with Crippen molar-refractivity contribution in [1.82, 2.24) is 4.98 Å². The van der Waals surface area contributed by atoms with E-state index in [2.05, 4.69) is 10.3 Å². The van der Waals surface area contributed by atoms with E-state index >= 15 is 0 Å². The Morgan fingerprint density at radius 3 is 2.75 bits per heavy atom. The Kier molecular flexibility index (Phi) is 3.78. The van der Waals surface area contributed by atoms with Gasteiger partial charge < -0.3 is 10.1 Å². The first-order valence-corrected chi connectivity index (χ1v) is 6.68. The molecule has 3 rings (SSSR count). The number of ether oxygens (including phenoxy) is 1. The number of benzene rings is 2. The fourth-order valence-electron chi connectivity index (χ4n) is 2.06. The number of pyridine rings is 1. The van der Waals surface area contributed by atoms with Crippen LogP contribution in [0, 0.1) is 0 Å². The number of nitrogens with one attached hydrogen (secondary N) is 1. The largest absolute Gasteiger partial charge is 0.492 e. The van der Waals surface area contributed by atoms with Crippen molar-refractivity contribution in [1.29, 1.82) is 0 Å². The van der Waals surface area contributed by atoms with Crippen molar-refractivity contribution in [2.24, 2.45) is 0 Å². The van der Waals surface area contributed by atoms with E-state index in [1.807, 2.05) is 60.7 Å². The second-order valence-electron chi connectivity index (χ2n) is 4.50. The molecule has 0 unspecified atom stereocenters. The number of para-hydroxylation sites is 1. The zero-order chi connectivity index (χ0) is 13.6. The molecule has 0 fully saturated rings. The zero-order valence-corrected chi connectivity index (χ0v) is 11.1. The first-order valence-electron chi connectivity index (χ1n) is 6.68. The summed E-state index contributed by atoms with van der Waals surface area (Å²) in [4.78, 5) is 4.32. The van der Waals surface area contributed by atoms with Gasteiger partial charge in [-0.1, -0.05) is 24.3 Å². The predicted octanol–water partition coefficient (Wildman–Crippen LogP) is 3.73. The molecule has 0 aliphatic carbocycles. The quantitative estimate of drug-likeness (QED) is 0.713. The molecular formula is C17H16N2O. The Hall–Kier alpha value is -2.55. The van der Waals surface area contributed by atoms with Gasteiger partial charge in [-0.05, 0) is 30.3 Å². The van der Waals surface area contributed by atoms with Crippen molar-refractivity contribution in [3.63, 3.8) is 0 Å². The molecule has 0 saturated heterocycles. The normalized spacial score (nSPS) is 10.4. The smallest absolute Gasteiger partial charge is 0.121 e. The van der Waals surface area contributed by atoms with Crippen LogP contribution in [0.3, 0.4) is 0 Å². The van der Waals surface area contributed by atoms with E-state index < -0.39 is 0 Å². The zero-order valence-electron chi connectivity index (χ0n) is 11.1. The SMILES string of the molecule is c1ccc(NCCOc2ccc3cccnc3c2)cc1. The third kappa shape index (κ3) is 3.06. The third-order valence-corrected chi connectivity index (χ3v) is 3.05. The Labute approximate surface area is 118 Å². The van der Waals surface area contributed by atoms with Crippen molar-refractivity contribution in [2.45, 2.75) is 0 Å². The van der Waals surface area contributed by atoms with Crippen LogP contribution in [0.1, 0.15) is 0 Å². The maximum absolute atomic E-state index is 5.73. The van der Waals surface area contributed by atoms with Crippen molar-refractivity contribution in [3.05, 3.63) is 66.9 Å². The fourth-order valence-corrected chi connectivity index (χ4v) is 2.06. The molecule has 0 aliphatic rings. The summed E-state index contributed by atoms with van der Waals surface area (Å²) in [5, 5.41) is 4.44. The molecule has 1 heterocycles. The van der Waals surface area contributed by atoms with Crippen molar-refractivity contribution in [2.75, 3.05) is 18.5 Å². The summed E-state index contributed by atoms with van der Waals surface area (Å²) in [5.74, 6) is 0.853. The van der Waals surface area contributed by atoms with E-state index in [1.54, 1.807) is 6.20 Å². The molecule has 0 saturated carbocycles. The number of anilines is 1. The lowest BCUT2D eigenvalue weighted by Crippen LogP contribution is -2.11. The van der Waals surface area contributed by atoms with Gasteiger partial charge in [0.05, 0.1) is 5.52 Å². The molecule has 0 radical (unpaired) electrons. The summed E-state index contributed by atoms with van der Waals surface area (Å²) < 4.78 is 5.73. The van der Waals surface area contributed by atoms with Crippen LogP contribution in [0.15, 0.2) is 66.9 Å². The van der Waals surface area contributed by atoms with E-state index in [9.17, 15) is 0 Å². The number of nitrogens with zero attached hydrogens (tertiary/aromatic N) is 1. The summed E-state index contributed by atoms with van der Waals surface area (Å²) >= 11 is 0. The van der Waals surface area contributed by atoms with Gasteiger partial charge in [0, 0.05) is 29.9 Å². The highest BCUT2D eigenvalue weighted by atomic mass is 16.5. The highest BCUT2D eigenvalue weighted by molar-refractivity contribution is 5.79. The Bertz CT molecular complexity index is 683. The first kappa shape index (κ1) is 12.5. The van der Waals surface area contributed by atoms with E-state index in [0.717, 1.165) is 28.9 Å². The molecule has 1 N–H and O–H groups in total. The summed E-state index contributed by atoms with van der Waals surface area (Å²) in [6, 6.07) is 20.1. The lowest BCUT2D eigenvalue weighted by atomic mass is 10.2. The first-order chi connectivity index (χ1) is 9.92. The highest BCUT2D eigenvalue weighted by Gasteiger charge is 1.98. The number of aromatic nitrogens is 1. The van der Waals surface area contributed by atoms with Gasteiger partial charge in [0.15, 0.2) is 0 Å². The van der Waals surface area contributed by atoms with Crippen LogP contribution in [-0.2, 0) is 0 Å².